The lowest BCUT2D eigenvalue weighted by Crippen LogP contribution is -2.25. The molecular formula is C25H19Cl2F3N4OS. The molecule has 0 fully saturated rings. The fraction of sp³-hybridized carbons (Fsp3) is 0.160. The summed E-state index contributed by atoms with van der Waals surface area (Å²) in [6.45, 7) is 1.95. The van der Waals surface area contributed by atoms with Gasteiger partial charge in [-0.05, 0) is 42.8 Å². The van der Waals surface area contributed by atoms with E-state index in [2.05, 4.69) is 15.5 Å². The van der Waals surface area contributed by atoms with Gasteiger partial charge in [0.2, 0.25) is 5.91 Å². The molecule has 0 spiro atoms. The monoisotopic (exact) mass is 550 g/mol. The minimum Gasteiger partial charge on any atom is -0.351 e. The Bertz CT molecular complexity index is 1390. The molecule has 186 valence electrons. The van der Waals surface area contributed by atoms with Crippen molar-refractivity contribution in [2.45, 2.75) is 24.8 Å². The maximum atomic E-state index is 12.9. The summed E-state index contributed by atoms with van der Waals surface area (Å²) in [5, 5.41) is 12.4. The van der Waals surface area contributed by atoms with E-state index in [0.29, 0.717) is 32.3 Å². The number of aromatic nitrogens is 3. The van der Waals surface area contributed by atoms with Crippen LogP contribution in [-0.4, -0.2) is 26.4 Å². The standard InChI is InChI=1S/C25H19Cl2F3N4OS/c1-15-5-7-17(8-6-15)23-32-33-24(34(23)19-9-10-20(26)21(27)12-19)36-14-22(35)31-13-16-3-2-4-18(11-16)25(28,29)30/h2-12H,13-14H2,1H3,(H,31,35). The summed E-state index contributed by atoms with van der Waals surface area (Å²) in [6.07, 6.45) is -4.44. The highest BCUT2D eigenvalue weighted by Crippen LogP contribution is 2.32. The van der Waals surface area contributed by atoms with Gasteiger partial charge in [0.15, 0.2) is 11.0 Å². The van der Waals surface area contributed by atoms with Gasteiger partial charge in [-0.1, -0.05) is 76.9 Å². The zero-order valence-corrected chi connectivity index (χ0v) is 21.1. The Balaban J connectivity index is 1.52. The first-order valence-electron chi connectivity index (χ1n) is 10.7. The molecule has 1 heterocycles. The van der Waals surface area contributed by atoms with E-state index in [1.807, 2.05) is 31.2 Å². The molecule has 0 bridgehead atoms. The summed E-state index contributed by atoms with van der Waals surface area (Å²) in [6, 6.07) is 17.7. The number of carbonyl (C=O) groups excluding carboxylic acids is 1. The van der Waals surface area contributed by atoms with Gasteiger partial charge in [0.25, 0.3) is 0 Å². The van der Waals surface area contributed by atoms with Gasteiger partial charge in [-0.3, -0.25) is 9.36 Å². The molecule has 0 saturated heterocycles. The van der Waals surface area contributed by atoms with Crippen LogP contribution < -0.4 is 5.32 Å². The van der Waals surface area contributed by atoms with E-state index in [4.69, 9.17) is 23.2 Å². The zero-order chi connectivity index (χ0) is 25.9. The molecular weight excluding hydrogens is 532 g/mol. The number of nitrogens with one attached hydrogen (secondary N) is 1. The van der Waals surface area contributed by atoms with Gasteiger partial charge in [0.05, 0.1) is 27.0 Å². The number of aryl methyl sites for hydroxylation is 1. The van der Waals surface area contributed by atoms with Crippen LogP contribution in [0.3, 0.4) is 0 Å². The first-order valence-corrected chi connectivity index (χ1v) is 12.4. The minimum atomic E-state index is -4.44. The van der Waals surface area contributed by atoms with Crippen molar-refractivity contribution in [1.29, 1.82) is 0 Å². The van der Waals surface area contributed by atoms with Gasteiger partial charge in [-0.15, -0.1) is 10.2 Å². The Morgan fingerprint density at radius 1 is 1.00 bits per heavy atom. The molecule has 3 aromatic carbocycles. The van der Waals surface area contributed by atoms with Gasteiger partial charge in [0, 0.05) is 12.1 Å². The molecule has 0 aliphatic rings. The molecule has 0 aliphatic carbocycles. The second-order valence-electron chi connectivity index (χ2n) is 7.87. The van der Waals surface area contributed by atoms with Crippen LogP contribution in [0.2, 0.25) is 10.0 Å². The summed E-state index contributed by atoms with van der Waals surface area (Å²) in [7, 11) is 0. The van der Waals surface area contributed by atoms with Crippen molar-refractivity contribution >= 4 is 40.9 Å². The van der Waals surface area contributed by atoms with E-state index >= 15 is 0 Å². The minimum absolute atomic E-state index is 0.0215. The number of hydrogen-bond donors (Lipinski definition) is 1. The van der Waals surface area contributed by atoms with Gasteiger partial charge >= 0.3 is 6.18 Å². The van der Waals surface area contributed by atoms with Crippen LogP contribution in [0.25, 0.3) is 17.1 Å². The highest BCUT2D eigenvalue weighted by atomic mass is 35.5. The second-order valence-corrected chi connectivity index (χ2v) is 9.63. The first kappa shape index (κ1) is 26.1. The predicted molar refractivity (Wildman–Crippen MR) is 136 cm³/mol. The highest BCUT2D eigenvalue weighted by Gasteiger charge is 2.30. The summed E-state index contributed by atoms with van der Waals surface area (Å²) >= 11 is 13.5. The average Bonchev–Trinajstić information content (AvgIpc) is 3.27. The normalized spacial score (nSPS) is 11.5. The zero-order valence-electron chi connectivity index (χ0n) is 18.8. The number of amides is 1. The van der Waals surface area contributed by atoms with E-state index in [-0.39, 0.29) is 18.2 Å². The third-order valence-electron chi connectivity index (χ3n) is 5.18. The summed E-state index contributed by atoms with van der Waals surface area (Å²) in [4.78, 5) is 12.5. The molecule has 5 nitrogen and oxygen atoms in total. The Morgan fingerprint density at radius 2 is 1.75 bits per heavy atom. The Morgan fingerprint density at radius 3 is 2.44 bits per heavy atom. The average molecular weight is 551 g/mol. The quantitative estimate of drug-likeness (QED) is 0.252. The van der Waals surface area contributed by atoms with E-state index in [9.17, 15) is 18.0 Å². The molecule has 1 N–H and O–H groups in total. The van der Waals surface area contributed by atoms with E-state index in [1.165, 1.54) is 12.1 Å². The van der Waals surface area contributed by atoms with Gasteiger partial charge < -0.3 is 5.32 Å². The third-order valence-corrected chi connectivity index (χ3v) is 6.85. The molecule has 36 heavy (non-hydrogen) atoms. The second kappa shape index (κ2) is 10.9. The third kappa shape index (κ3) is 6.21. The van der Waals surface area contributed by atoms with Crippen LogP contribution in [0.15, 0.2) is 71.9 Å². The van der Waals surface area contributed by atoms with Crippen molar-refractivity contribution in [2.75, 3.05) is 5.75 Å². The Kier molecular flexibility index (Phi) is 7.92. The largest absolute Gasteiger partial charge is 0.416 e. The number of halogens is 5. The molecule has 1 aromatic heterocycles. The Hall–Kier alpha value is -3.01. The van der Waals surface area contributed by atoms with E-state index in [0.717, 1.165) is 35.0 Å². The highest BCUT2D eigenvalue weighted by molar-refractivity contribution is 7.99. The molecule has 0 unspecified atom stereocenters. The maximum Gasteiger partial charge on any atom is 0.416 e. The van der Waals surface area contributed by atoms with Crippen LogP contribution in [0, 0.1) is 6.92 Å². The topological polar surface area (TPSA) is 59.8 Å². The molecule has 0 radical (unpaired) electrons. The molecule has 4 rings (SSSR count). The molecule has 0 aliphatic heterocycles. The fourth-order valence-corrected chi connectivity index (χ4v) is 4.42. The van der Waals surface area contributed by atoms with Crippen molar-refractivity contribution in [1.82, 2.24) is 20.1 Å². The lowest BCUT2D eigenvalue weighted by atomic mass is 10.1. The van der Waals surface area contributed by atoms with Crippen molar-refractivity contribution in [2.24, 2.45) is 0 Å². The molecule has 4 aromatic rings. The number of rotatable bonds is 7. The lowest BCUT2D eigenvalue weighted by molar-refractivity contribution is -0.137. The van der Waals surface area contributed by atoms with Crippen molar-refractivity contribution in [3.05, 3.63) is 93.5 Å². The van der Waals surface area contributed by atoms with Crippen LogP contribution in [0.1, 0.15) is 16.7 Å². The van der Waals surface area contributed by atoms with Crippen LogP contribution in [-0.2, 0) is 17.5 Å². The number of benzene rings is 3. The summed E-state index contributed by atoms with van der Waals surface area (Å²) in [5.41, 5.74) is 2.16. The van der Waals surface area contributed by atoms with Gasteiger partial charge in [0.1, 0.15) is 0 Å². The Labute approximate surface area is 219 Å². The van der Waals surface area contributed by atoms with Crippen molar-refractivity contribution in [3.63, 3.8) is 0 Å². The number of carbonyl (C=O) groups is 1. The van der Waals surface area contributed by atoms with Crippen molar-refractivity contribution in [3.8, 4) is 17.1 Å². The van der Waals surface area contributed by atoms with Gasteiger partial charge in [-0.25, -0.2) is 0 Å². The number of thioether (sulfide) groups is 1. The number of alkyl halides is 3. The summed E-state index contributed by atoms with van der Waals surface area (Å²) < 4.78 is 40.5. The SMILES string of the molecule is Cc1ccc(-c2nnc(SCC(=O)NCc3cccc(C(F)(F)F)c3)n2-c2ccc(Cl)c(Cl)c2)cc1. The van der Waals surface area contributed by atoms with Crippen LogP contribution >= 0.6 is 35.0 Å². The molecule has 0 saturated carbocycles. The molecule has 11 heteroatoms. The fourth-order valence-electron chi connectivity index (χ4n) is 3.35. The number of nitrogens with zero attached hydrogens (tertiary/aromatic N) is 3. The smallest absolute Gasteiger partial charge is 0.351 e. The van der Waals surface area contributed by atoms with Gasteiger partial charge in [-0.2, -0.15) is 13.2 Å². The summed E-state index contributed by atoms with van der Waals surface area (Å²) in [5.74, 6) is 0.171. The maximum absolute atomic E-state index is 12.9. The van der Waals surface area contributed by atoms with Crippen molar-refractivity contribution < 1.29 is 18.0 Å². The molecule has 1 amide bonds. The number of hydrogen-bond acceptors (Lipinski definition) is 4. The van der Waals surface area contributed by atoms with Crippen LogP contribution in [0.4, 0.5) is 13.2 Å². The van der Waals surface area contributed by atoms with E-state index in [1.54, 1.807) is 22.8 Å². The van der Waals surface area contributed by atoms with E-state index < -0.39 is 11.7 Å². The predicted octanol–water partition coefficient (Wildman–Crippen LogP) is 6.98. The first-order chi connectivity index (χ1) is 17.1. The molecule has 0 atom stereocenters. The van der Waals surface area contributed by atoms with Crippen LogP contribution in [0.5, 0.6) is 0 Å². The lowest BCUT2D eigenvalue weighted by Gasteiger charge is -2.12.